The van der Waals surface area contributed by atoms with Gasteiger partial charge in [-0.2, -0.15) is 0 Å². The van der Waals surface area contributed by atoms with Gasteiger partial charge in [0.1, 0.15) is 17.4 Å². The Labute approximate surface area is 154 Å². The first-order chi connectivity index (χ1) is 12.8. The lowest BCUT2D eigenvalue weighted by atomic mass is 10.2. The molecule has 1 saturated heterocycles. The van der Waals surface area contributed by atoms with Crippen LogP contribution >= 0.6 is 0 Å². The molecular formula is C21H24N4O. The molecule has 0 unspecified atom stereocenters. The van der Waals surface area contributed by atoms with Gasteiger partial charge < -0.3 is 10.1 Å². The zero-order valence-corrected chi connectivity index (χ0v) is 15.1. The zero-order valence-electron chi connectivity index (χ0n) is 15.1. The number of hydrogen-bond acceptors (Lipinski definition) is 5. The van der Waals surface area contributed by atoms with Gasteiger partial charge in [0.2, 0.25) is 0 Å². The van der Waals surface area contributed by atoms with Crippen molar-refractivity contribution in [3.8, 4) is 5.75 Å². The van der Waals surface area contributed by atoms with Crippen molar-refractivity contribution in [2.45, 2.75) is 25.9 Å². The maximum atomic E-state index is 5.22. The summed E-state index contributed by atoms with van der Waals surface area (Å²) in [6, 6.07) is 16.3. The lowest BCUT2D eigenvalue weighted by molar-refractivity contribution is 0.323. The third-order valence-electron chi connectivity index (χ3n) is 4.83. The normalized spacial score (nSPS) is 14.7. The molecule has 0 radical (unpaired) electrons. The van der Waals surface area contributed by atoms with Gasteiger partial charge >= 0.3 is 0 Å². The Hall–Kier alpha value is -2.66. The molecule has 134 valence electrons. The van der Waals surface area contributed by atoms with Gasteiger partial charge in [0.05, 0.1) is 19.2 Å². The Morgan fingerprint density at radius 2 is 1.77 bits per heavy atom. The molecule has 0 aliphatic carbocycles. The summed E-state index contributed by atoms with van der Waals surface area (Å²) in [5.74, 6) is 2.66. The van der Waals surface area contributed by atoms with E-state index in [-0.39, 0.29) is 0 Å². The van der Waals surface area contributed by atoms with E-state index in [1.807, 2.05) is 24.3 Å². The van der Waals surface area contributed by atoms with Crippen LogP contribution in [0.15, 0.2) is 48.5 Å². The number of nitrogens with zero attached hydrogens (tertiary/aromatic N) is 3. The number of aromatic nitrogens is 2. The van der Waals surface area contributed by atoms with Crippen LogP contribution in [-0.2, 0) is 13.1 Å². The average molecular weight is 348 g/mol. The number of methoxy groups -OCH3 is 1. The highest BCUT2D eigenvalue weighted by Crippen LogP contribution is 2.22. The number of fused-ring (bicyclic) bond motifs is 1. The average Bonchev–Trinajstić information content (AvgIpc) is 3.19. The van der Waals surface area contributed by atoms with Gasteiger partial charge in [-0.25, -0.2) is 9.97 Å². The SMILES string of the molecule is COc1ccc(CNc2nc(CN3CCCC3)nc3ccccc23)cc1. The van der Waals surface area contributed by atoms with E-state index in [2.05, 4.69) is 34.5 Å². The Morgan fingerprint density at radius 3 is 2.54 bits per heavy atom. The van der Waals surface area contributed by atoms with Gasteiger partial charge in [0.15, 0.2) is 0 Å². The first-order valence-electron chi connectivity index (χ1n) is 9.16. The lowest BCUT2D eigenvalue weighted by Crippen LogP contribution is -2.20. The Morgan fingerprint density at radius 1 is 1.00 bits per heavy atom. The molecule has 4 rings (SSSR count). The summed E-state index contributed by atoms with van der Waals surface area (Å²) in [5.41, 5.74) is 2.18. The first kappa shape index (κ1) is 16.8. The molecule has 5 heteroatoms. The van der Waals surface area contributed by atoms with Gasteiger partial charge in [-0.15, -0.1) is 0 Å². The molecule has 1 aliphatic rings. The maximum Gasteiger partial charge on any atom is 0.145 e. The lowest BCUT2D eigenvalue weighted by Gasteiger charge is -2.15. The van der Waals surface area contributed by atoms with Crippen LogP contribution in [0, 0.1) is 0 Å². The molecule has 5 nitrogen and oxygen atoms in total. The highest BCUT2D eigenvalue weighted by molar-refractivity contribution is 5.88. The van der Waals surface area contributed by atoms with E-state index < -0.39 is 0 Å². The van der Waals surface area contributed by atoms with E-state index in [1.54, 1.807) is 7.11 Å². The molecule has 0 spiro atoms. The van der Waals surface area contributed by atoms with Gasteiger partial charge in [-0.1, -0.05) is 24.3 Å². The molecule has 0 saturated carbocycles. The monoisotopic (exact) mass is 348 g/mol. The van der Waals surface area contributed by atoms with E-state index >= 15 is 0 Å². The van der Waals surface area contributed by atoms with Crippen LogP contribution in [0.25, 0.3) is 10.9 Å². The molecule has 26 heavy (non-hydrogen) atoms. The van der Waals surface area contributed by atoms with Crippen LogP contribution in [0.5, 0.6) is 5.75 Å². The summed E-state index contributed by atoms with van der Waals surface area (Å²) < 4.78 is 5.22. The number of benzene rings is 2. The summed E-state index contributed by atoms with van der Waals surface area (Å²) in [6.07, 6.45) is 2.55. The summed E-state index contributed by atoms with van der Waals surface area (Å²) in [6.45, 7) is 3.83. The van der Waals surface area contributed by atoms with Crippen LogP contribution in [0.3, 0.4) is 0 Å². The van der Waals surface area contributed by atoms with Crippen molar-refractivity contribution in [3.05, 3.63) is 59.9 Å². The summed E-state index contributed by atoms with van der Waals surface area (Å²) >= 11 is 0. The molecular weight excluding hydrogens is 324 g/mol. The van der Waals surface area contributed by atoms with E-state index in [0.717, 1.165) is 47.9 Å². The molecule has 2 aromatic carbocycles. The molecule has 0 amide bonds. The van der Waals surface area contributed by atoms with Crippen molar-refractivity contribution in [1.82, 2.24) is 14.9 Å². The van der Waals surface area contributed by atoms with Crippen LogP contribution in [0.4, 0.5) is 5.82 Å². The number of ether oxygens (including phenoxy) is 1. The van der Waals surface area contributed by atoms with Gasteiger partial charge in [0.25, 0.3) is 0 Å². The van der Waals surface area contributed by atoms with Crippen LogP contribution < -0.4 is 10.1 Å². The highest BCUT2D eigenvalue weighted by atomic mass is 16.5. The second kappa shape index (κ2) is 7.70. The number of anilines is 1. The second-order valence-corrected chi connectivity index (χ2v) is 6.69. The number of para-hydroxylation sites is 1. The largest absolute Gasteiger partial charge is 0.497 e. The van der Waals surface area contributed by atoms with Gasteiger partial charge in [-0.3, -0.25) is 4.90 Å². The van der Waals surface area contributed by atoms with E-state index in [1.165, 1.54) is 18.4 Å². The van der Waals surface area contributed by atoms with Gasteiger partial charge in [0, 0.05) is 11.9 Å². The fourth-order valence-corrected chi connectivity index (χ4v) is 3.40. The van der Waals surface area contributed by atoms with Crippen molar-refractivity contribution >= 4 is 16.7 Å². The Kier molecular flexibility index (Phi) is 4.97. The van der Waals surface area contributed by atoms with Crippen LogP contribution in [-0.4, -0.2) is 35.1 Å². The third kappa shape index (κ3) is 3.78. The molecule has 1 aromatic heterocycles. The van der Waals surface area contributed by atoms with Crippen molar-refractivity contribution < 1.29 is 4.74 Å². The first-order valence-corrected chi connectivity index (χ1v) is 9.16. The Balaban J connectivity index is 1.57. The minimum Gasteiger partial charge on any atom is -0.497 e. The fourth-order valence-electron chi connectivity index (χ4n) is 3.40. The van der Waals surface area contributed by atoms with Gasteiger partial charge in [-0.05, 0) is 55.8 Å². The summed E-state index contributed by atoms with van der Waals surface area (Å²) in [4.78, 5) is 12.0. The summed E-state index contributed by atoms with van der Waals surface area (Å²) in [7, 11) is 1.68. The standard InChI is InChI=1S/C21H24N4O/c1-26-17-10-8-16(9-11-17)14-22-21-18-6-2-3-7-19(18)23-20(24-21)15-25-12-4-5-13-25/h2-3,6-11H,4-5,12-15H2,1H3,(H,22,23,24). The number of likely N-dealkylation sites (tertiary alicyclic amines) is 1. The molecule has 0 atom stereocenters. The Bertz CT molecular complexity index is 873. The maximum absolute atomic E-state index is 5.22. The highest BCUT2D eigenvalue weighted by Gasteiger charge is 2.15. The molecule has 0 bridgehead atoms. The molecule has 1 aliphatic heterocycles. The second-order valence-electron chi connectivity index (χ2n) is 6.69. The topological polar surface area (TPSA) is 50.3 Å². The zero-order chi connectivity index (χ0) is 17.8. The predicted octanol–water partition coefficient (Wildman–Crippen LogP) is 3.85. The third-order valence-corrected chi connectivity index (χ3v) is 4.83. The van der Waals surface area contributed by atoms with E-state index in [9.17, 15) is 0 Å². The summed E-state index contributed by atoms with van der Waals surface area (Å²) in [5, 5.41) is 4.56. The smallest absolute Gasteiger partial charge is 0.145 e. The molecule has 2 heterocycles. The number of rotatable bonds is 6. The van der Waals surface area contributed by atoms with E-state index in [0.29, 0.717) is 6.54 Å². The minimum atomic E-state index is 0.716. The van der Waals surface area contributed by atoms with Crippen molar-refractivity contribution in [2.24, 2.45) is 0 Å². The van der Waals surface area contributed by atoms with Crippen molar-refractivity contribution in [2.75, 3.05) is 25.5 Å². The van der Waals surface area contributed by atoms with E-state index in [4.69, 9.17) is 14.7 Å². The van der Waals surface area contributed by atoms with Crippen molar-refractivity contribution in [3.63, 3.8) is 0 Å². The number of hydrogen-bond donors (Lipinski definition) is 1. The molecule has 1 fully saturated rings. The van der Waals surface area contributed by atoms with Crippen LogP contribution in [0.2, 0.25) is 0 Å². The predicted molar refractivity (Wildman–Crippen MR) is 104 cm³/mol. The number of nitrogens with one attached hydrogen (secondary N) is 1. The molecule has 3 aromatic rings. The van der Waals surface area contributed by atoms with Crippen molar-refractivity contribution in [1.29, 1.82) is 0 Å². The fraction of sp³-hybridized carbons (Fsp3) is 0.333. The quantitative estimate of drug-likeness (QED) is 0.733. The molecule has 1 N–H and O–H groups in total. The van der Waals surface area contributed by atoms with Crippen LogP contribution in [0.1, 0.15) is 24.2 Å². The minimum absolute atomic E-state index is 0.716.